The van der Waals surface area contributed by atoms with Gasteiger partial charge in [-0.1, -0.05) is 12.2 Å². The van der Waals surface area contributed by atoms with Crippen LogP contribution in [-0.2, 0) is 0 Å². The van der Waals surface area contributed by atoms with Crippen molar-refractivity contribution in [1.29, 1.82) is 10.5 Å². The average molecular weight is 224 g/mol. The number of hydrogen-bond donors (Lipinski definition) is 2. The maximum atomic E-state index is 10.0. The maximum Gasteiger partial charge on any atom is 0.139 e. The molecule has 17 heavy (non-hydrogen) atoms. The molecule has 2 unspecified atom stereocenters. The number of phenolic OH excluding ortho intramolecular Hbond substituents is 2. The minimum atomic E-state index is -0.145. The Balaban J connectivity index is 2.43. The Bertz CT molecular complexity index is 592. The topological polar surface area (TPSA) is 88.0 Å². The average Bonchev–Trinajstić information content (AvgIpc) is 2.93. The van der Waals surface area contributed by atoms with Crippen LogP contribution in [0.2, 0.25) is 0 Å². The third-order valence-corrected chi connectivity index (χ3v) is 3.57. The highest BCUT2D eigenvalue weighted by atomic mass is 16.3. The van der Waals surface area contributed by atoms with E-state index < -0.39 is 0 Å². The largest absolute Gasteiger partial charge is 0.506 e. The molecule has 0 aliphatic heterocycles. The molecule has 0 radical (unpaired) electrons. The standard InChI is InChI=1S/C13H8N2O2/c14-4-8-9(5-15)13(17)11-7-2-1-6(3-7)10(11)12(8)16/h1-2,6-7,16-17H,3H2. The van der Waals surface area contributed by atoms with E-state index in [1.165, 1.54) is 0 Å². The van der Waals surface area contributed by atoms with Gasteiger partial charge in [0.1, 0.15) is 34.8 Å². The van der Waals surface area contributed by atoms with Gasteiger partial charge in [0, 0.05) is 23.0 Å². The fourth-order valence-electron chi connectivity index (χ4n) is 2.86. The lowest BCUT2D eigenvalue weighted by molar-refractivity contribution is 0.448. The van der Waals surface area contributed by atoms with Gasteiger partial charge in [0.25, 0.3) is 0 Å². The molecule has 2 aliphatic carbocycles. The quantitative estimate of drug-likeness (QED) is 0.521. The normalized spacial score (nSPS) is 23.2. The summed E-state index contributed by atoms with van der Waals surface area (Å²) in [5.74, 6) is -0.177. The van der Waals surface area contributed by atoms with Gasteiger partial charge in [0.15, 0.2) is 0 Å². The molecule has 2 aliphatic rings. The first-order valence-electron chi connectivity index (χ1n) is 5.29. The molecule has 4 heteroatoms. The predicted molar refractivity (Wildman–Crippen MR) is 58.4 cm³/mol. The highest BCUT2D eigenvalue weighted by molar-refractivity contribution is 5.71. The van der Waals surface area contributed by atoms with Crippen LogP contribution < -0.4 is 0 Å². The molecule has 0 saturated heterocycles. The molecule has 2 bridgehead atoms. The Kier molecular flexibility index (Phi) is 1.73. The fourth-order valence-corrected chi connectivity index (χ4v) is 2.86. The van der Waals surface area contributed by atoms with Gasteiger partial charge in [-0.2, -0.15) is 10.5 Å². The Morgan fingerprint density at radius 3 is 1.71 bits per heavy atom. The van der Waals surface area contributed by atoms with Crippen molar-refractivity contribution in [2.75, 3.05) is 0 Å². The molecule has 0 amide bonds. The summed E-state index contributed by atoms with van der Waals surface area (Å²) in [6, 6.07) is 3.58. The number of benzene rings is 1. The van der Waals surface area contributed by atoms with Crippen molar-refractivity contribution in [3.8, 4) is 23.6 Å². The van der Waals surface area contributed by atoms with Crippen LogP contribution in [0.4, 0.5) is 0 Å². The van der Waals surface area contributed by atoms with Gasteiger partial charge in [-0.15, -0.1) is 0 Å². The summed E-state index contributed by atoms with van der Waals surface area (Å²) in [4.78, 5) is 0. The summed E-state index contributed by atoms with van der Waals surface area (Å²) >= 11 is 0. The second kappa shape index (κ2) is 3.02. The van der Waals surface area contributed by atoms with E-state index in [0.717, 1.165) is 6.42 Å². The van der Waals surface area contributed by atoms with Crippen molar-refractivity contribution in [3.63, 3.8) is 0 Å². The van der Waals surface area contributed by atoms with Gasteiger partial charge in [-0.3, -0.25) is 0 Å². The monoisotopic (exact) mass is 224 g/mol. The van der Waals surface area contributed by atoms with Crippen molar-refractivity contribution in [2.45, 2.75) is 18.3 Å². The Morgan fingerprint density at radius 1 is 0.941 bits per heavy atom. The zero-order valence-electron chi connectivity index (χ0n) is 8.81. The van der Waals surface area contributed by atoms with Gasteiger partial charge in [-0.05, 0) is 6.42 Å². The van der Waals surface area contributed by atoms with Crippen molar-refractivity contribution >= 4 is 0 Å². The van der Waals surface area contributed by atoms with Gasteiger partial charge in [-0.25, -0.2) is 0 Å². The van der Waals surface area contributed by atoms with E-state index in [-0.39, 0.29) is 34.5 Å². The zero-order chi connectivity index (χ0) is 12.2. The van der Waals surface area contributed by atoms with Gasteiger partial charge < -0.3 is 10.2 Å². The molecule has 2 N–H and O–H groups in total. The second-order valence-electron chi connectivity index (χ2n) is 4.33. The second-order valence-corrected chi connectivity index (χ2v) is 4.33. The van der Waals surface area contributed by atoms with E-state index in [1.807, 2.05) is 12.2 Å². The van der Waals surface area contributed by atoms with Crippen LogP contribution in [0.25, 0.3) is 0 Å². The summed E-state index contributed by atoms with van der Waals surface area (Å²) in [5, 5.41) is 38.0. The van der Waals surface area contributed by atoms with E-state index in [1.54, 1.807) is 12.1 Å². The lowest BCUT2D eigenvalue weighted by atomic mass is 9.90. The summed E-state index contributed by atoms with van der Waals surface area (Å²) in [6.07, 6.45) is 4.74. The number of aromatic hydroxyl groups is 2. The molecule has 3 rings (SSSR count). The third-order valence-electron chi connectivity index (χ3n) is 3.57. The molecule has 1 aromatic carbocycles. The Morgan fingerprint density at radius 2 is 1.35 bits per heavy atom. The number of nitriles is 2. The number of rotatable bonds is 0. The van der Waals surface area contributed by atoms with E-state index in [9.17, 15) is 10.2 Å². The molecule has 0 saturated carbocycles. The molecule has 1 aromatic rings. The lowest BCUT2D eigenvalue weighted by Gasteiger charge is -2.16. The van der Waals surface area contributed by atoms with Crippen LogP contribution in [0.15, 0.2) is 12.2 Å². The van der Waals surface area contributed by atoms with Crippen LogP contribution in [0.1, 0.15) is 40.5 Å². The smallest absolute Gasteiger partial charge is 0.139 e. The lowest BCUT2D eigenvalue weighted by Crippen LogP contribution is -1.99. The molecule has 4 nitrogen and oxygen atoms in total. The van der Waals surface area contributed by atoms with Crippen molar-refractivity contribution < 1.29 is 10.2 Å². The van der Waals surface area contributed by atoms with Crippen molar-refractivity contribution in [1.82, 2.24) is 0 Å². The molecule has 2 atom stereocenters. The van der Waals surface area contributed by atoms with Crippen LogP contribution in [0.5, 0.6) is 11.5 Å². The van der Waals surface area contributed by atoms with Crippen LogP contribution in [0, 0.1) is 22.7 Å². The van der Waals surface area contributed by atoms with E-state index in [0.29, 0.717) is 11.1 Å². The molecular formula is C13H8N2O2. The zero-order valence-corrected chi connectivity index (χ0v) is 8.81. The van der Waals surface area contributed by atoms with Crippen molar-refractivity contribution in [2.24, 2.45) is 0 Å². The molecule has 0 spiro atoms. The predicted octanol–water partition coefficient (Wildman–Crippen LogP) is 1.98. The first-order chi connectivity index (χ1) is 8.19. The number of phenols is 2. The van der Waals surface area contributed by atoms with Crippen LogP contribution in [-0.4, -0.2) is 10.2 Å². The molecule has 0 heterocycles. The highest BCUT2D eigenvalue weighted by Crippen LogP contribution is 2.56. The number of nitrogens with zero attached hydrogens (tertiary/aromatic N) is 2. The van der Waals surface area contributed by atoms with Crippen LogP contribution in [0.3, 0.4) is 0 Å². The Hall–Kier alpha value is -2.46. The summed E-state index contributed by atoms with van der Waals surface area (Å²) in [7, 11) is 0. The minimum absolute atomic E-state index is 0.0562. The summed E-state index contributed by atoms with van der Waals surface area (Å²) in [5.41, 5.74) is 0.991. The minimum Gasteiger partial charge on any atom is -0.506 e. The van der Waals surface area contributed by atoms with E-state index >= 15 is 0 Å². The van der Waals surface area contributed by atoms with Gasteiger partial charge in [0.2, 0.25) is 0 Å². The first kappa shape index (κ1) is 9.74. The fraction of sp³-hybridized carbons (Fsp3) is 0.231. The number of hydrogen-bond acceptors (Lipinski definition) is 4. The molecule has 0 fully saturated rings. The van der Waals surface area contributed by atoms with Gasteiger partial charge in [0.05, 0.1) is 0 Å². The third kappa shape index (κ3) is 0.996. The van der Waals surface area contributed by atoms with E-state index in [4.69, 9.17) is 10.5 Å². The van der Waals surface area contributed by atoms with Gasteiger partial charge >= 0.3 is 0 Å². The van der Waals surface area contributed by atoms with Crippen molar-refractivity contribution in [3.05, 3.63) is 34.4 Å². The molecule has 82 valence electrons. The SMILES string of the molecule is N#Cc1c(O)c2c(c(O)c1C#N)C1C=CC2C1. The molecule has 0 aromatic heterocycles. The van der Waals surface area contributed by atoms with E-state index in [2.05, 4.69) is 0 Å². The number of allylic oxidation sites excluding steroid dienone is 2. The summed E-state index contributed by atoms with van der Waals surface area (Å²) in [6.45, 7) is 0. The first-order valence-corrected chi connectivity index (χ1v) is 5.29. The molecular weight excluding hydrogens is 216 g/mol. The maximum absolute atomic E-state index is 10.0. The number of fused-ring (bicyclic) bond motifs is 5. The van der Waals surface area contributed by atoms with Crippen LogP contribution >= 0.6 is 0 Å². The highest BCUT2D eigenvalue weighted by Gasteiger charge is 2.40. The summed E-state index contributed by atoms with van der Waals surface area (Å²) < 4.78 is 0. The Labute approximate surface area is 97.7 Å².